The molecule has 2 heterocycles. The Kier molecular flexibility index (Phi) is 7.08. The molecule has 0 spiro atoms. The molecule has 3 rings (SSSR count). The van der Waals surface area contributed by atoms with E-state index in [9.17, 15) is 24.0 Å². The fourth-order valence-electron chi connectivity index (χ4n) is 4.32. The average Bonchev–Trinajstić information content (AvgIpc) is 2.78. The summed E-state index contributed by atoms with van der Waals surface area (Å²) < 4.78 is 0. The largest absolute Gasteiger partial charge is 0.369 e. The number of likely N-dealkylation sites (N-methyl/N-ethyl adjacent to an activating group) is 1. The Morgan fingerprint density at radius 2 is 1.88 bits per heavy atom. The molecule has 1 N–H and O–H groups in total. The molecule has 2 saturated heterocycles. The van der Waals surface area contributed by atoms with Gasteiger partial charge in [-0.25, -0.2) is 0 Å². The number of carbonyl (C=O) groups is 5. The zero-order valence-electron chi connectivity index (χ0n) is 18.8. The van der Waals surface area contributed by atoms with E-state index >= 15 is 0 Å². The molecular formula is C23H30N4O5. The van der Waals surface area contributed by atoms with Crippen LogP contribution in [0.3, 0.4) is 0 Å². The lowest BCUT2D eigenvalue weighted by Crippen LogP contribution is -2.55. The van der Waals surface area contributed by atoms with Gasteiger partial charge >= 0.3 is 0 Å². The molecule has 1 aromatic rings. The van der Waals surface area contributed by atoms with Crippen LogP contribution in [0.5, 0.6) is 0 Å². The molecule has 3 amide bonds. The third-order valence-electron chi connectivity index (χ3n) is 6.48. The van der Waals surface area contributed by atoms with Crippen molar-refractivity contribution in [2.24, 2.45) is 0 Å². The first-order valence-electron chi connectivity index (χ1n) is 10.8. The van der Waals surface area contributed by atoms with Crippen LogP contribution in [-0.2, 0) is 14.4 Å². The summed E-state index contributed by atoms with van der Waals surface area (Å²) in [6.07, 6.45) is 2.46. The molecule has 0 aliphatic carbocycles. The number of piperazine rings is 1. The molecule has 9 heteroatoms. The van der Waals surface area contributed by atoms with Gasteiger partial charge in [-0.15, -0.1) is 0 Å². The Morgan fingerprint density at radius 1 is 1.19 bits per heavy atom. The van der Waals surface area contributed by atoms with Crippen LogP contribution >= 0.6 is 0 Å². The Labute approximate surface area is 187 Å². The molecule has 1 unspecified atom stereocenters. The number of imide groups is 1. The lowest BCUT2D eigenvalue weighted by molar-refractivity contribution is -0.136. The number of nitrogens with zero attached hydrogens (tertiary/aromatic N) is 3. The van der Waals surface area contributed by atoms with Gasteiger partial charge in [0, 0.05) is 62.9 Å². The summed E-state index contributed by atoms with van der Waals surface area (Å²) >= 11 is 0. The van der Waals surface area contributed by atoms with Crippen molar-refractivity contribution >= 4 is 36.0 Å². The summed E-state index contributed by atoms with van der Waals surface area (Å²) in [4.78, 5) is 65.1. The Morgan fingerprint density at radius 3 is 2.47 bits per heavy atom. The second-order valence-corrected chi connectivity index (χ2v) is 8.93. The predicted molar refractivity (Wildman–Crippen MR) is 119 cm³/mol. The fourth-order valence-corrected chi connectivity index (χ4v) is 4.32. The minimum Gasteiger partial charge on any atom is -0.369 e. The minimum atomic E-state index is -0.757. The topological polar surface area (TPSA) is 107 Å². The molecule has 0 aromatic heterocycles. The van der Waals surface area contributed by atoms with E-state index in [1.54, 1.807) is 12.1 Å². The van der Waals surface area contributed by atoms with E-state index in [0.29, 0.717) is 12.7 Å². The van der Waals surface area contributed by atoms with Gasteiger partial charge in [0.2, 0.25) is 11.8 Å². The van der Waals surface area contributed by atoms with E-state index in [2.05, 4.69) is 29.0 Å². The van der Waals surface area contributed by atoms with Crippen molar-refractivity contribution < 1.29 is 24.0 Å². The smallest absolute Gasteiger partial charge is 0.255 e. The quantitative estimate of drug-likeness (QED) is 0.493. The number of anilines is 1. The van der Waals surface area contributed by atoms with Crippen molar-refractivity contribution in [1.29, 1.82) is 0 Å². The summed E-state index contributed by atoms with van der Waals surface area (Å²) in [7, 11) is 1.51. The van der Waals surface area contributed by atoms with Crippen LogP contribution in [0.2, 0.25) is 0 Å². The molecular weight excluding hydrogens is 412 g/mol. The maximum atomic E-state index is 13.2. The SMILES string of the molecule is CN(C(=O)c1cc(N2CCN(C(C)(C)CC=O)CC2)ccc1C=O)C1CCC(=O)NC1=O. The molecule has 2 aliphatic rings. The predicted octanol–water partition coefficient (Wildman–Crippen LogP) is 0.866. The number of hydrogen-bond acceptors (Lipinski definition) is 7. The third-order valence-corrected chi connectivity index (χ3v) is 6.48. The van der Waals surface area contributed by atoms with Gasteiger partial charge in [-0.05, 0) is 38.5 Å². The summed E-state index contributed by atoms with van der Waals surface area (Å²) in [6, 6.07) is 4.38. The standard InChI is InChI=1S/C23H30N4O5/c1-23(2,8-13-28)27-11-9-26(10-12-27)17-5-4-16(15-29)18(14-17)22(32)25(3)19-6-7-20(30)24-21(19)31/h4-5,13-15,19H,6-12H2,1-3H3,(H,24,30,31). The van der Waals surface area contributed by atoms with E-state index < -0.39 is 17.9 Å². The highest BCUT2D eigenvalue weighted by atomic mass is 16.2. The van der Waals surface area contributed by atoms with Gasteiger partial charge in [-0.3, -0.25) is 29.4 Å². The van der Waals surface area contributed by atoms with Crippen molar-refractivity contribution in [2.75, 3.05) is 38.1 Å². The van der Waals surface area contributed by atoms with Crippen LogP contribution in [0, 0.1) is 0 Å². The maximum Gasteiger partial charge on any atom is 0.255 e. The first-order chi connectivity index (χ1) is 15.2. The number of carbonyl (C=O) groups excluding carboxylic acids is 5. The zero-order chi connectivity index (χ0) is 23.5. The average molecular weight is 443 g/mol. The highest BCUT2D eigenvalue weighted by Gasteiger charge is 2.34. The molecule has 1 atom stereocenters. The lowest BCUT2D eigenvalue weighted by Gasteiger charge is -2.44. The normalized spacial score (nSPS) is 20.0. The van der Waals surface area contributed by atoms with Gasteiger partial charge in [0.1, 0.15) is 12.3 Å². The van der Waals surface area contributed by atoms with Crippen LogP contribution in [0.1, 0.15) is 53.8 Å². The van der Waals surface area contributed by atoms with Crippen molar-refractivity contribution in [3.8, 4) is 0 Å². The van der Waals surface area contributed by atoms with E-state index in [-0.39, 0.29) is 35.4 Å². The number of rotatable bonds is 7. The van der Waals surface area contributed by atoms with Crippen molar-refractivity contribution in [3.05, 3.63) is 29.3 Å². The molecule has 2 fully saturated rings. The van der Waals surface area contributed by atoms with Gasteiger partial charge < -0.3 is 14.6 Å². The first-order valence-corrected chi connectivity index (χ1v) is 10.8. The van der Waals surface area contributed by atoms with Crippen LogP contribution < -0.4 is 10.2 Å². The molecule has 9 nitrogen and oxygen atoms in total. The second kappa shape index (κ2) is 9.60. The lowest BCUT2D eigenvalue weighted by atomic mass is 9.97. The number of nitrogens with one attached hydrogen (secondary N) is 1. The van der Waals surface area contributed by atoms with E-state index in [1.807, 2.05) is 6.07 Å². The van der Waals surface area contributed by atoms with Gasteiger partial charge in [0.25, 0.3) is 5.91 Å². The number of amides is 3. The second-order valence-electron chi connectivity index (χ2n) is 8.93. The summed E-state index contributed by atoms with van der Waals surface area (Å²) in [5, 5.41) is 2.26. The maximum absolute atomic E-state index is 13.2. The number of benzene rings is 1. The van der Waals surface area contributed by atoms with Gasteiger partial charge in [0.05, 0.1) is 5.56 Å². The van der Waals surface area contributed by atoms with Crippen LogP contribution in [0.15, 0.2) is 18.2 Å². The van der Waals surface area contributed by atoms with E-state index in [0.717, 1.165) is 38.2 Å². The molecule has 32 heavy (non-hydrogen) atoms. The first kappa shape index (κ1) is 23.6. The minimum absolute atomic E-state index is 0.166. The molecule has 1 aromatic carbocycles. The van der Waals surface area contributed by atoms with Crippen molar-refractivity contribution in [2.45, 2.75) is 44.7 Å². The van der Waals surface area contributed by atoms with Crippen LogP contribution in [0.25, 0.3) is 0 Å². The summed E-state index contributed by atoms with van der Waals surface area (Å²) in [6.45, 7) is 7.10. The van der Waals surface area contributed by atoms with Crippen LogP contribution in [-0.4, -0.2) is 84.9 Å². The number of hydrogen-bond donors (Lipinski definition) is 1. The zero-order valence-corrected chi connectivity index (χ0v) is 18.8. The molecule has 0 saturated carbocycles. The molecule has 2 aliphatic heterocycles. The summed E-state index contributed by atoms with van der Waals surface area (Å²) in [5.74, 6) is -1.29. The number of piperidine rings is 1. The molecule has 172 valence electrons. The van der Waals surface area contributed by atoms with E-state index in [1.165, 1.54) is 11.9 Å². The summed E-state index contributed by atoms with van der Waals surface area (Å²) in [5.41, 5.74) is 1.10. The highest BCUT2D eigenvalue weighted by molar-refractivity contribution is 6.06. The highest BCUT2D eigenvalue weighted by Crippen LogP contribution is 2.26. The Hall–Kier alpha value is -3.07. The van der Waals surface area contributed by atoms with Gasteiger partial charge in [0.15, 0.2) is 6.29 Å². The monoisotopic (exact) mass is 442 g/mol. The van der Waals surface area contributed by atoms with E-state index in [4.69, 9.17) is 0 Å². The van der Waals surface area contributed by atoms with Gasteiger partial charge in [-0.2, -0.15) is 0 Å². The van der Waals surface area contributed by atoms with Crippen molar-refractivity contribution in [1.82, 2.24) is 15.1 Å². The van der Waals surface area contributed by atoms with Crippen LogP contribution in [0.4, 0.5) is 5.69 Å². The van der Waals surface area contributed by atoms with Crippen molar-refractivity contribution in [3.63, 3.8) is 0 Å². The third kappa shape index (κ3) is 4.88. The van der Waals surface area contributed by atoms with Gasteiger partial charge in [-0.1, -0.05) is 0 Å². The fraction of sp³-hybridized carbons (Fsp3) is 0.522. The number of aldehydes is 2. The molecule has 0 radical (unpaired) electrons. The molecule has 0 bridgehead atoms. The Bertz CT molecular complexity index is 921. The Balaban J connectivity index is 1.77.